The van der Waals surface area contributed by atoms with Crippen LogP contribution in [0.4, 0.5) is 8.78 Å². The summed E-state index contributed by atoms with van der Waals surface area (Å²) in [7, 11) is 0. The Morgan fingerprint density at radius 3 is 2.45 bits per heavy atom. The molecule has 1 aliphatic carbocycles. The molecule has 0 spiro atoms. The van der Waals surface area contributed by atoms with Crippen LogP contribution in [0.3, 0.4) is 0 Å². The van der Waals surface area contributed by atoms with Crippen molar-refractivity contribution in [3.8, 4) is 0 Å². The van der Waals surface area contributed by atoms with E-state index in [-0.39, 0.29) is 6.61 Å². The van der Waals surface area contributed by atoms with Crippen molar-refractivity contribution in [2.75, 3.05) is 6.61 Å². The van der Waals surface area contributed by atoms with E-state index in [0.717, 1.165) is 25.3 Å². The monoisotopic (exact) mass is 288 g/mol. The van der Waals surface area contributed by atoms with E-state index < -0.39 is 23.7 Å². The van der Waals surface area contributed by atoms with Gasteiger partial charge in [0.2, 0.25) is 0 Å². The highest BCUT2D eigenvalue weighted by Gasteiger charge is 2.65. The average molecular weight is 288 g/mol. The lowest BCUT2D eigenvalue weighted by molar-refractivity contribution is -0.137. The number of halogens is 2. The van der Waals surface area contributed by atoms with E-state index in [1.165, 1.54) is 25.3 Å². The van der Waals surface area contributed by atoms with Crippen LogP contribution in [0, 0.1) is 11.8 Å². The third-order valence-electron chi connectivity index (χ3n) is 3.86. The Morgan fingerprint density at radius 2 is 1.80 bits per heavy atom. The molecule has 0 aliphatic heterocycles. The summed E-state index contributed by atoms with van der Waals surface area (Å²) in [5.41, 5.74) is 0. The first kappa shape index (κ1) is 17.1. The van der Waals surface area contributed by atoms with Crippen molar-refractivity contribution in [1.82, 2.24) is 0 Å². The predicted octanol–water partition coefficient (Wildman–Crippen LogP) is 4.74. The molecule has 1 fully saturated rings. The van der Waals surface area contributed by atoms with Crippen LogP contribution in [0.25, 0.3) is 0 Å². The van der Waals surface area contributed by atoms with Crippen LogP contribution < -0.4 is 0 Å². The van der Waals surface area contributed by atoms with Crippen LogP contribution in [0.2, 0.25) is 0 Å². The van der Waals surface area contributed by atoms with Gasteiger partial charge < -0.3 is 4.74 Å². The van der Waals surface area contributed by atoms with Crippen LogP contribution in [0.5, 0.6) is 0 Å². The molecule has 2 unspecified atom stereocenters. The number of esters is 1. The van der Waals surface area contributed by atoms with E-state index in [1.54, 1.807) is 6.92 Å². The number of allylic oxidation sites excluding steroid dienone is 1. The molecule has 0 aromatic rings. The first-order valence-electron chi connectivity index (χ1n) is 7.76. The molecule has 0 amide bonds. The highest BCUT2D eigenvalue weighted by molar-refractivity contribution is 5.82. The predicted molar refractivity (Wildman–Crippen MR) is 75.7 cm³/mol. The van der Waals surface area contributed by atoms with Gasteiger partial charge in [-0.3, -0.25) is 0 Å². The third kappa shape index (κ3) is 5.22. The van der Waals surface area contributed by atoms with Gasteiger partial charge in [-0.2, -0.15) is 0 Å². The second-order valence-electron chi connectivity index (χ2n) is 5.47. The lowest BCUT2D eigenvalue weighted by Crippen LogP contribution is -1.99. The zero-order valence-corrected chi connectivity index (χ0v) is 12.5. The number of carbonyl (C=O) groups excluding carboxylic acids is 1. The smallest absolute Gasteiger partial charge is 0.330 e. The summed E-state index contributed by atoms with van der Waals surface area (Å²) in [5, 5.41) is 0. The van der Waals surface area contributed by atoms with Crippen LogP contribution >= 0.6 is 0 Å². The maximum absolute atomic E-state index is 13.5. The van der Waals surface area contributed by atoms with Crippen LogP contribution in [-0.2, 0) is 9.53 Å². The molecule has 1 rings (SSSR count). The van der Waals surface area contributed by atoms with Gasteiger partial charge in [-0.05, 0) is 13.3 Å². The minimum Gasteiger partial charge on any atom is -0.463 e. The van der Waals surface area contributed by atoms with Crippen molar-refractivity contribution >= 4 is 5.97 Å². The summed E-state index contributed by atoms with van der Waals surface area (Å²) >= 11 is 0. The van der Waals surface area contributed by atoms with Crippen molar-refractivity contribution in [2.24, 2.45) is 11.8 Å². The molecule has 0 radical (unpaired) electrons. The Hall–Kier alpha value is -0.930. The lowest BCUT2D eigenvalue weighted by atomic mass is 10.1. The molecule has 0 saturated heterocycles. The minimum absolute atomic E-state index is 0.269. The fraction of sp³-hybridized carbons (Fsp3) is 0.812. The number of hydrogen-bond acceptors (Lipinski definition) is 2. The first-order chi connectivity index (χ1) is 9.54. The number of unbranched alkanes of at least 4 members (excludes halogenated alkanes) is 5. The van der Waals surface area contributed by atoms with Gasteiger partial charge in [-0.25, -0.2) is 13.6 Å². The maximum atomic E-state index is 13.5. The largest absolute Gasteiger partial charge is 0.463 e. The highest BCUT2D eigenvalue weighted by Crippen LogP contribution is 2.58. The summed E-state index contributed by atoms with van der Waals surface area (Å²) in [6.45, 7) is 4.12. The normalized spacial score (nSPS) is 24.0. The molecule has 2 atom stereocenters. The molecule has 0 aromatic heterocycles. The zero-order valence-electron chi connectivity index (χ0n) is 12.5. The fourth-order valence-electron chi connectivity index (χ4n) is 2.57. The molecule has 1 saturated carbocycles. The Balaban J connectivity index is 2.21. The van der Waals surface area contributed by atoms with Gasteiger partial charge in [0.15, 0.2) is 0 Å². The molecule has 0 N–H and O–H groups in total. The number of rotatable bonds is 10. The van der Waals surface area contributed by atoms with E-state index in [4.69, 9.17) is 0 Å². The fourth-order valence-corrected chi connectivity index (χ4v) is 2.57. The Morgan fingerprint density at radius 1 is 1.15 bits per heavy atom. The molecule has 0 bridgehead atoms. The molecule has 20 heavy (non-hydrogen) atoms. The van der Waals surface area contributed by atoms with Crippen molar-refractivity contribution in [3.63, 3.8) is 0 Å². The van der Waals surface area contributed by atoms with Gasteiger partial charge in [0, 0.05) is 12.0 Å². The summed E-state index contributed by atoms with van der Waals surface area (Å²) in [6.07, 6.45) is 9.65. The summed E-state index contributed by atoms with van der Waals surface area (Å²) < 4.78 is 31.7. The highest BCUT2D eigenvalue weighted by atomic mass is 19.3. The van der Waals surface area contributed by atoms with Crippen molar-refractivity contribution in [3.05, 3.63) is 12.2 Å². The van der Waals surface area contributed by atoms with E-state index in [1.807, 2.05) is 0 Å². The second-order valence-corrected chi connectivity index (χ2v) is 5.47. The molecule has 0 heterocycles. The van der Waals surface area contributed by atoms with E-state index >= 15 is 0 Å². The van der Waals surface area contributed by atoms with E-state index in [2.05, 4.69) is 11.7 Å². The molecule has 2 nitrogen and oxygen atoms in total. The van der Waals surface area contributed by atoms with Gasteiger partial charge in [0.05, 0.1) is 12.5 Å². The molecule has 116 valence electrons. The molecule has 4 heteroatoms. The van der Waals surface area contributed by atoms with Crippen LogP contribution in [0.15, 0.2) is 12.2 Å². The molecule has 0 aromatic carbocycles. The number of carbonyl (C=O) groups is 1. The molecule has 1 aliphatic rings. The number of ether oxygens (including phenoxy) is 1. The van der Waals surface area contributed by atoms with E-state index in [0.29, 0.717) is 6.42 Å². The summed E-state index contributed by atoms with van der Waals surface area (Å²) in [6, 6.07) is 0. The standard InChI is InChI=1S/C16H26F2O2/c1-3-5-6-7-8-9-10-13-14(16(13,17)18)11-12-15(19)20-4-2/h11-14H,3-10H2,1-2H3/b12-11+. The Bertz CT molecular complexity index is 326. The van der Waals surface area contributed by atoms with Crippen LogP contribution in [-0.4, -0.2) is 18.5 Å². The lowest BCUT2D eigenvalue weighted by Gasteiger charge is -2.00. The van der Waals surface area contributed by atoms with Crippen LogP contribution in [0.1, 0.15) is 58.8 Å². The number of hydrogen-bond donors (Lipinski definition) is 0. The topological polar surface area (TPSA) is 26.3 Å². The Kier molecular flexibility index (Phi) is 7.17. The van der Waals surface area contributed by atoms with Crippen molar-refractivity contribution in [1.29, 1.82) is 0 Å². The first-order valence-corrected chi connectivity index (χ1v) is 7.76. The van der Waals surface area contributed by atoms with Gasteiger partial charge in [0.1, 0.15) is 0 Å². The molecular formula is C16H26F2O2. The van der Waals surface area contributed by atoms with Gasteiger partial charge in [-0.15, -0.1) is 0 Å². The third-order valence-corrected chi connectivity index (χ3v) is 3.86. The average Bonchev–Trinajstić information content (AvgIpc) is 2.92. The van der Waals surface area contributed by atoms with Gasteiger partial charge in [-0.1, -0.05) is 51.5 Å². The maximum Gasteiger partial charge on any atom is 0.330 e. The van der Waals surface area contributed by atoms with Crippen molar-refractivity contribution in [2.45, 2.75) is 64.7 Å². The number of alkyl halides is 2. The molecular weight excluding hydrogens is 262 g/mol. The summed E-state index contributed by atoms with van der Waals surface area (Å²) in [4.78, 5) is 11.1. The van der Waals surface area contributed by atoms with Crippen molar-refractivity contribution < 1.29 is 18.3 Å². The second kappa shape index (κ2) is 8.38. The van der Waals surface area contributed by atoms with Gasteiger partial charge in [0.25, 0.3) is 5.92 Å². The SMILES string of the molecule is CCCCCCCCC1C(/C=C/C(=O)OCC)C1(F)F. The Labute approximate surface area is 120 Å². The summed E-state index contributed by atoms with van der Waals surface area (Å²) in [5.74, 6) is -4.53. The minimum atomic E-state index is -2.63. The zero-order chi connectivity index (χ0) is 15.0. The quantitative estimate of drug-likeness (QED) is 0.330. The van der Waals surface area contributed by atoms with E-state index in [9.17, 15) is 13.6 Å². The van der Waals surface area contributed by atoms with Gasteiger partial charge >= 0.3 is 5.97 Å².